The summed E-state index contributed by atoms with van der Waals surface area (Å²) in [5.74, 6) is 0. The van der Waals surface area contributed by atoms with Gasteiger partial charge in [0.15, 0.2) is 6.29 Å². The summed E-state index contributed by atoms with van der Waals surface area (Å²) in [5.41, 5.74) is 2.67. The van der Waals surface area contributed by atoms with E-state index in [4.69, 9.17) is 0 Å². The van der Waals surface area contributed by atoms with Gasteiger partial charge >= 0.3 is 0 Å². The Morgan fingerprint density at radius 1 is 1.36 bits per heavy atom. The maximum atomic E-state index is 10.5. The van der Waals surface area contributed by atoms with Crippen molar-refractivity contribution in [3.8, 4) is 0 Å². The van der Waals surface area contributed by atoms with Crippen LogP contribution in [0.4, 0.5) is 0 Å². The smallest absolute Gasteiger partial charge is 0.236 e. The van der Waals surface area contributed by atoms with Crippen LogP contribution in [0.25, 0.3) is 11.2 Å². The Balaban J connectivity index is 2.82. The lowest BCUT2D eigenvalue weighted by Gasteiger charge is -2.01. The Hall–Kier alpha value is -1.51. The van der Waals surface area contributed by atoms with Gasteiger partial charge in [0.05, 0.1) is 5.56 Å². The van der Waals surface area contributed by atoms with Gasteiger partial charge < -0.3 is 0 Å². The minimum absolute atomic E-state index is 0.556. The molecule has 0 bridgehead atoms. The van der Waals surface area contributed by atoms with E-state index in [-0.39, 0.29) is 0 Å². The molecule has 2 aromatic rings. The first kappa shape index (κ1) is 6.22. The molecule has 0 unspecified atom stereocenters. The fourth-order valence-corrected chi connectivity index (χ4v) is 1.03. The van der Waals surface area contributed by atoms with Gasteiger partial charge in [-0.3, -0.25) is 13.9 Å². The molecule has 0 spiro atoms. The highest BCUT2D eigenvalue weighted by molar-refractivity contribution is 5.93. The summed E-state index contributed by atoms with van der Waals surface area (Å²) < 4.78 is 9.26. The average molecular weight is 150 g/mol. The van der Waals surface area contributed by atoms with Crippen molar-refractivity contribution in [2.24, 2.45) is 0 Å². The molecule has 1 aromatic carbocycles. The van der Waals surface area contributed by atoms with E-state index in [2.05, 4.69) is 9.15 Å². The summed E-state index contributed by atoms with van der Waals surface area (Å²) in [7, 11) is 0. The zero-order valence-corrected chi connectivity index (χ0v) is 5.96. The third-order valence-corrected chi connectivity index (χ3v) is 1.71. The van der Waals surface area contributed by atoms with E-state index in [1.54, 1.807) is 6.07 Å². The van der Waals surface area contributed by atoms with Crippen molar-refractivity contribution in [3.63, 3.8) is 0 Å². The van der Waals surface area contributed by atoms with E-state index < -0.39 is 0 Å². The second-order valence-electron chi connectivity index (χ2n) is 2.41. The summed E-state index contributed by atoms with van der Waals surface area (Å²) >= 11 is 0. The Morgan fingerprint density at radius 2 is 2.18 bits per heavy atom. The number of fused-ring (bicyclic) bond motifs is 1. The molecule has 11 heavy (non-hydrogen) atoms. The molecule has 3 heteroatoms. The van der Waals surface area contributed by atoms with E-state index in [1.165, 1.54) is 0 Å². The van der Waals surface area contributed by atoms with Crippen molar-refractivity contribution in [1.29, 1.82) is 0 Å². The van der Waals surface area contributed by atoms with Crippen LogP contribution < -0.4 is 0 Å². The molecule has 0 aliphatic carbocycles. The monoisotopic (exact) mass is 150 g/mol. The van der Waals surface area contributed by atoms with Crippen molar-refractivity contribution < 1.29 is 13.9 Å². The Morgan fingerprint density at radius 3 is 2.64 bits per heavy atom. The predicted octanol–water partition coefficient (Wildman–Crippen LogP) is 2.15. The largest absolute Gasteiger partial charge is 0.298 e. The van der Waals surface area contributed by atoms with Crippen LogP contribution in [0.1, 0.15) is 15.9 Å². The summed E-state index contributed by atoms with van der Waals surface area (Å²) in [5, 5.41) is 0. The molecular formula is C8H6O3. The summed E-state index contributed by atoms with van der Waals surface area (Å²) in [4.78, 5) is 10.5. The second kappa shape index (κ2) is 1.99. The average Bonchev–Trinajstić information content (AvgIpc) is 1.95. The zero-order valence-electron chi connectivity index (χ0n) is 5.96. The maximum Gasteiger partial charge on any atom is 0.236 e. The number of hydrogen-bond donors (Lipinski definition) is 0. The molecule has 1 aromatic heterocycles. The number of hydrogen-bond acceptors (Lipinski definition) is 3. The molecule has 0 amide bonds. The molecule has 1 heterocycles. The molecule has 0 saturated heterocycles. The topological polar surface area (TPSA) is 43.4 Å². The summed E-state index contributed by atoms with van der Waals surface area (Å²) in [6, 6.07) is 3.60. The van der Waals surface area contributed by atoms with Gasteiger partial charge in [0, 0.05) is 0 Å². The van der Waals surface area contributed by atoms with Crippen molar-refractivity contribution in [3.05, 3.63) is 23.3 Å². The first-order chi connectivity index (χ1) is 5.33. The van der Waals surface area contributed by atoms with Crippen molar-refractivity contribution >= 4 is 17.5 Å². The molecule has 3 nitrogen and oxygen atoms in total. The Kier molecular flexibility index (Phi) is 1.12. The highest BCUT2D eigenvalue weighted by Gasteiger charge is 2.11. The van der Waals surface area contributed by atoms with E-state index >= 15 is 0 Å². The van der Waals surface area contributed by atoms with Gasteiger partial charge in [-0.2, -0.15) is 0 Å². The van der Waals surface area contributed by atoms with Crippen molar-refractivity contribution in [2.75, 3.05) is 0 Å². The van der Waals surface area contributed by atoms with Gasteiger partial charge in [0.2, 0.25) is 11.2 Å². The number of aryl methyl sites for hydroxylation is 1. The van der Waals surface area contributed by atoms with Crippen LogP contribution in [0.15, 0.2) is 21.3 Å². The van der Waals surface area contributed by atoms with E-state index in [1.807, 2.05) is 13.0 Å². The third-order valence-electron chi connectivity index (χ3n) is 1.71. The molecular weight excluding hydrogens is 144 g/mol. The second-order valence-corrected chi connectivity index (χ2v) is 2.41. The summed E-state index contributed by atoms with van der Waals surface area (Å²) in [6.45, 7) is 1.85. The van der Waals surface area contributed by atoms with E-state index in [9.17, 15) is 4.79 Å². The fraction of sp³-hybridized carbons (Fsp3) is 0.125. The minimum Gasteiger partial charge on any atom is -0.298 e. The first-order valence-corrected chi connectivity index (χ1v) is 3.26. The van der Waals surface area contributed by atoms with Crippen molar-refractivity contribution in [1.82, 2.24) is 0 Å². The molecule has 0 saturated carbocycles. The quantitative estimate of drug-likeness (QED) is 0.462. The van der Waals surface area contributed by atoms with Gasteiger partial charge in [-0.25, -0.2) is 0 Å². The first-order valence-electron chi connectivity index (χ1n) is 3.26. The standard InChI is InChI=1S/C8H6O3/c1-5-2-3-7-8(11-10-7)6(5)4-9/h2-4H,1H3. The molecule has 0 atom stereocenters. The van der Waals surface area contributed by atoms with Crippen molar-refractivity contribution in [2.45, 2.75) is 6.92 Å². The predicted molar refractivity (Wildman–Crippen MR) is 38.6 cm³/mol. The highest BCUT2D eigenvalue weighted by atomic mass is 17.0. The molecule has 0 radical (unpaired) electrons. The SMILES string of the molecule is Cc1ccc2ooc2c1C=O. The highest BCUT2D eigenvalue weighted by Crippen LogP contribution is 2.23. The lowest BCUT2D eigenvalue weighted by atomic mass is 10.1. The number of benzene rings is 1. The molecule has 0 aliphatic rings. The minimum atomic E-state index is 0.556. The van der Waals surface area contributed by atoms with Crippen LogP contribution in [0, 0.1) is 6.92 Å². The molecule has 56 valence electrons. The van der Waals surface area contributed by atoms with Gasteiger partial charge in [-0.05, 0) is 18.6 Å². The lowest BCUT2D eigenvalue weighted by Crippen LogP contribution is -1.89. The number of carbonyl (C=O) groups is 1. The van der Waals surface area contributed by atoms with Crippen LogP contribution in [-0.2, 0) is 0 Å². The number of aldehydes is 1. The zero-order chi connectivity index (χ0) is 7.84. The van der Waals surface area contributed by atoms with Crippen LogP contribution in [0.5, 0.6) is 0 Å². The number of carbonyl (C=O) groups excluding carboxylic acids is 1. The fourth-order valence-electron chi connectivity index (χ4n) is 1.03. The van der Waals surface area contributed by atoms with E-state index in [0.717, 1.165) is 11.8 Å². The Bertz CT molecular complexity index is 394. The van der Waals surface area contributed by atoms with Gasteiger partial charge in [0.1, 0.15) is 0 Å². The lowest BCUT2D eigenvalue weighted by molar-refractivity contribution is 0.0579. The van der Waals surface area contributed by atoms with Crippen LogP contribution in [0.2, 0.25) is 0 Å². The van der Waals surface area contributed by atoms with E-state index in [0.29, 0.717) is 16.7 Å². The molecule has 2 rings (SSSR count). The van der Waals surface area contributed by atoms with Crippen LogP contribution in [-0.4, -0.2) is 6.29 Å². The van der Waals surface area contributed by atoms with Crippen LogP contribution >= 0.6 is 0 Å². The number of rotatable bonds is 1. The molecule has 0 N–H and O–H groups in total. The third kappa shape index (κ3) is 0.707. The molecule has 0 aliphatic heterocycles. The van der Waals surface area contributed by atoms with Gasteiger partial charge in [0.25, 0.3) is 0 Å². The van der Waals surface area contributed by atoms with Crippen LogP contribution in [0.3, 0.4) is 0 Å². The Labute approximate surface area is 62.5 Å². The van der Waals surface area contributed by atoms with Gasteiger partial charge in [-0.15, -0.1) is 0 Å². The molecule has 0 fully saturated rings. The normalized spacial score (nSPS) is 10.6. The maximum absolute atomic E-state index is 10.5. The van der Waals surface area contributed by atoms with Gasteiger partial charge in [-0.1, -0.05) is 6.07 Å². The summed E-state index contributed by atoms with van der Waals surface area (Å²) in [6.07, 6.45) is 0.774.